The fourth-order valence-electron chi connectivity index (χ4n) is 4.46. The van der Waals surface area contributed by atoms with Crippen molar-refractivity contribution in [2.75, 3.05) is 0 Å². The molecule has 2 aliphatic carbocycles. The van der Waals surface area contributed by atoms with Gasteiger partial charge in [-0.3, -0.25) is 9.59 Å². The Balaban J connectivity index is 2.51. The number of fused-ring (bicyclic) bond motifs is 1. The molecule has 1 fully saturated rings. The molecule has 0 amide bonds. The molecule has 2 aliphatic rings. The van der Waals surface area contributed by atoms with E-state index in [-0.39, 0.29) is 18.1 Å². The van der Waals surface area contributed by atoms with Crippen LogP contribution >= 0.6 is 0 Å². The van der Waals surface area contributed by atoms with Crippen molar-refractivity contribution in [3.8, 4) is 0 Å². The number of carbonyl (C=O) groups is 3. The van der Waals surface area contributed by atoms with E-state index in [4.69, 9.17) is 9.47 Å². The Morgan fingerprint density at radius 2 is 1.89 bits per heavy atom. The van der Waals surface area contributed by atoms with Gasteiger partial charge in [-0.2, -0.15) is 0 Å². The number of hydrogen-bond acceptors (Lipinski definition) is 6. The van der Waals surface area contributed by atoms with Crippen LogP contribution in [0.3, 0.4) is 0 Å². The van der Waals surface area contributed by atoms with E-state index in [1.54, 1.807) is 40.7 Å². The zero-order valence-electron chi connectivity index (χ0n) is 17.9. The number of esters is 2. The lowest BCUT2D eigenvalue weighted by atomic mass is 9.80. The Labute approximate surface area is 167 Å². The standard InChI is InChI=1S/C22H32O6/c1-8-12(2)20(25)27-19-9-13(3)22(26)11-18(24)14(4)16(22)10-17(19)21(6,7)28-15(5)23/h8,13,17,19,26H,9-11H2,1-7H3/b12-8-/t13?,17?,19?,22-/m0/s1. The molecule has 6 nitrogen and oxygen atoms in total. The maximum absolute atomic E-state index is 12.5. The molecule has 2 rings (SSSR count). The third kappa shape index (κ3) is 4.07. The van der Waals surface area contributed by atoms with E-state index in [9.17, 15) is 19.5 Å². The molecular formula is C22H32O6. The second-order valence-corrected chi connectivity index (χ2v) is 8.69. The van der Waals surface area contributed by atoms with Crippen LogP contribution in [-0.2, 0) is 23.9 Å². The van der Waals surface area contributed by atoms with E-state index in [2.05, 4.69) is 0 Å². The summed E-state index contributed by atoms with van der Waals surface area (Å²) in [6, 6.07) is 0. The van der Waals surface area contributed by atoms with Gasteiger partial charge in [0.2, 0.25) is 0 Å². The van der Waals surface area contributed by atoms with Crippen LogP contribution in [0.4, 0.5) is 0 Å². The molecule has 0 aromatic rings. The van der Waals surface area contributed by atoms with Crippen molar-refractivity contribution >= 4 is 17.7 Å². The lowest BCUT2D eigenvalue weighted by molar-refractivity contribution is -0.170. The fraction of sp³-hybridized carbons (Fsp3) is 0.682. The largest absolute Gasteiger partial charge is 0.459 e. The minimum atomic E-state index is -1.25. The Hall–Kier alpha value is -1.95. The van der Waals surface area contributed by atoms with Gasteiger partial charge in [-0.05, 0) is 64.5 Å². The molecule has 156 valence electrons. The summed E-state index contributed by atoms with van der Waals surface area (Å²) in [5.41, 5.74) is -0.455. The normalized spacial score (nSPS) is 31.4. The highest BCUT2D eigenvalue weighted by molar-refractivity contribution is 6.00. The van der Waals surface area contributed by atoms with Crippen LogP contribution in [0, 0.1) is 11.8 Å². The van der Waals surface area contributed by atoms with Crippen LogP contribution < -0.4 is 0 Å². The summed E-state index contributed by atoms with van der Waals surface area (Å²) in [7, 11) is 0. The van der Waals surface area contributed by atoms with E-state index in [0.717, 1.165) is 0 Å². The quantitative estimate of drug-likeness (QED) is 0.583. The molecule has 0 bridgehead atoms. The SMILES string of the molecule is C/C=C(/C)C(=O)OC1CC(C)[C@@]2(O)CC(=O)C(C)=C2CC1C(C)(C)OC(C)=O. The third-order valence-electron chi connectivity index (χ3n) is 6.41. The van der Waals surface area contributed by atoms with E-state index >= 15 is 0 Å². The summed E-state index contributed by atoms with van der Waals surface area (Å²) >= 11 is 0. The van der Waals surface area contributed by atoms with Crippen LogP contribution in [0.1, 0.15) is 67.7 Å². The molecule has 0 aliphatic heterocycles. The van der Waals surface area contributed by atoms with Gasteiger partial charge in [0.15, 0.2) is 5.78 Å². The number of carbonyl (C=O) groups excluding carboxylic acids is 3. The zero-order valence-corrected chi connectivity index (χ0v) is 17.9. The summed E-state index contributed by atoms with van der Waals surface area (Å²) in [6.45, 7) is 12.0. The van der Waals surface area contributed by atoms with Gasteiger partial charge in [-0.25, -0.2) is 4.79 Å². The number of Topliss-reactive ketones (excluding diaryl/α,β-unsaturated/α-hetero) is 1. The van der Waals surface area contributed by atoms with Crippen molar-refractivity contribution in [2.24, 2.45) is 11.8 Å². The zero-order chi connectivity index (χ0) is 21.4. The molecule has 0 aromatic carbocycles. The van der Waals surface area contributed by atoms with Crippen LogP contribution in [0.25, 0.3) is 0 Å². The maximum Gasteiger partial charge on any atom is 0.333 e. The molecule has 28 heavy (non-hydrogen) atoms. The Morgan fingerprint density at radius 1 is 1.29 bits per heavy atom. The van der Waals surface area contributed by atoms with Gasteiger partial charge in [0.1, 0.15) is 11.7 Å². The predicted octanol–water partition coefficient (Wildman–Crippen LogP) is 3.27. The topological polar surface area (TPSA) is 89.9 Å². The van der Waals surface area contributed by atoms with Crippen molar-refractivity contribution in [1.82, 2.24) is 0 Å². The number of aliphatic hydroxyl groups is 1. The average Bonchev–Trinajstić information content (AvgIpc) is 2.73. The van der Waals surface area contributed by atoms with E-state index in [0.29, 0.717) is 29.6 Å². The van der Waals surface area contributed by atoms with Gasteiger partial charge in [0, 0.05) is 24.8 Å². The first-order chi connectivity index (χ1) is 12.8. The minimum Gasteiger partial charge on any atom is -0.459 e. The van der Waals surface area contributed by atoms with E-state index in [1.165, 1.54) is 6.92 Å². The van der Waals surface area contributed by atoms with Crippen molar-refractivity contribution in [1.29, 1.82) is 0 Å². The molecule has 1 N–H and O–H groups in total. The summed E-state index contributed by atoms with van der Waals surface area (Å²) in [5.74, 6) is -1.60. The monoisotopic (exact) mass is 392 g/mol. The van der Waals surface area contributed by atoms with Crippen LogP contribution in [-0.4, -0.2) is 40.1 Å². The molecule has 6 heteroatoms. The first kappa shape index (κ1) is 22.3. The Morgan fingerprint density at radius 3 is 2.43 bits per heavy atom. The highest BCUT2D eigenvalue weighted by Gasteiger charge is 2.54. The number of rotatable bonds is 4. The summed E-state index contributed by atoms with van der Waals surface area (Å²) < 4.78 is 11.4. The number of ether oxygens (including phenoxy) is 2. The third-order valence-corrected chi connectivity index (χ3v) is 6.41. The second-order valence-electron chi connectivity index (χ2n) is 8.69. The smallest absolute Gasteiger partial charge is 0.333 e. The molecule has 1 saturated carbocycles. The van der Waals surface area contributed by atoms with Crippen LogP contribution in [0.2, 0.25) is 0 Å². The van der Waals surface area contributed by atoms with Gasteiger partial charge in [0.05, 0.1) is 5.60 Å². The summed E-state index contributed by atoms with van der Waals surface area (Å²) in [5, 5.41) is 11.3. The van der Waals surface area contributed by atoms with Crippen molar-refractivity contribution in [3.05, 3.63) is 22.8 Å². The van der Waals surface area contributed by atoms with Gasteiger partial charge >= 0.3 is 11.9 Å². The Bertz CT molecular complexity index is 744. The second kappa shape index (κ2) is 7.82. The number of ketones is 1. The van der Waals surface area contributed by atoms with Crippen molar-refractivity contribution in [3.63, 3.8) is 0 Å². The highest BCUT2D eigenvalue weighted by atomic mass is 16.6. The first-order valence-electron chi connectivity index (χ1n) is 9.82. The number of hydrogen-bond donors (Lipinski definition) is 1. The lowest BCUT2D eigenvalue weighted by Crippen LogP contribution is -2.44. The molecule has 0 spiro atoms. The van der Waals surface area contributed by atoms with Crippen molar-refractivity contribution < 1.29 is 29.0 Å². The molecule has 0 aromatic heterocycles. The molecule has 0 saturated heterocycles. The molecule has 4 atom stereocenters. The van der Waals surface area contributed by atoms with Crippen LogP contribution in [0.5, 0.6) is 0 Å². The average molecular weight is 392 g/mol. The first-order valence-corrected chi connectivity index (χ1v) is 9.82. The molecule has 3 unspecified atom stereocenters. The molecular weight excluding hydrogens is 360 g/mol. The molecule has 0 heterocycles. The maximum atomic E-state index is 12.5. The fourth-order valence-corrected chi connectivity index (χ4v) is 4.46. The van der Waals surface area contributed by atoms with E-state index < -0.39 is 35.2 Å². The van der Waals surface area contributed by atoms with Gasteiger partial charge in [-0.15, -0.1) is 0 Å². The predicted molar refractivity (Wildman–Crippen MR) is 104 cm³/mol. The van der Waals surface area contributed by atoms with Crippen LogP contribution in [0.15, 0.2) is 22.8 Å². The van der Waals surface area contributed by atoms with Gasteiger partial charge < -0.3 is 14.6 Å². The van der Waals surface area contributed by atoms with Crippen molar-refractivity contribution in [2.45, 2.75) is 85.0 Å². The summed E-state index contributed by atoms with van der Waals surface area (Å²) in [6.07, 6.45) is 1.87. The van der Waals surface area contributed by atoms with Gasteiger partial charge in [0.25, 0.3) is 0 Å². The minimum absolute atomic E-state index is 0.0462. The molecule has 0 radical (unpaired) electrons. The highest BCUT2D eigenvalue weighted by Crippen LogP contribution is 2.50. The summed E-state index contributed by atoms with van der Waals surface area (Å²) in [4.78, 5) is 36.5. The number of allylic oxidation sites excluding steroid dienone is 2. The van der Waals surface area contributed by atoms with Gasteiger partial charge in [-0.1, -0.05) is 13.0 Å². The Kier molecular flexibility index (Phi) is 6.24. The lowest BCUT2D eigenvalue weighted by Gasteiger charge is -2.38. The van der Waals surface area contributed by atoms with E-state index in [1.807, 2.05) is 6.92 Å².